The molecule has 0 bridgehead atoms. The highest BCUT2D eigenvalue weighted by atomic mass is 32.2. The van der Waals surface area contributed by atoms with E-state index in [4.69, 9.17) is 18.9 Å². The van der Waals surface area contributed by atoms with E-state index in [0.29, 0.717) is 0 Å². The summed E-state index contributed by atoms with van der Waals surface area (Å²) >= 11 is 1.61. The summed E-state index contributed by atoms with van der Waals surface area (Å²) in [5.41, 5.74) is -2.65. The first kappa shape index (κ1) is 21.3. The lowest BCUT2D eigenvalue weighted by Gasteiger charge is -2.17. The SMILES string of the molecule is COCC(C)OC(=O)C(C(=O)OC(C)COC)=C1SC(O)C(O)S1. The van der Waals surface area contributed by atoms with Crippen molar-refractivity contribution in [2.24, 2.45) is 0 Å². The quantitative estimate of drug-likeness (QED) is 0.266. The molecule has 4 unspecified atom stereocenters. The third-order valence-electron chi connectivity index (χ3n) is 2.73. The zero-order chi connectivity index (χ0) is 18.3. The van der Waals surface area contributed by atoms with Crippen LogP contribution >= 0.6 is 23.5 Å². The fourth-order valence-electron chi connectivity index (χ4n) is 1.75. The number of methoxy groups -OCH3 is 2. The molecule has 1 aliphatic rings. The molecule has 8 nitrogen and oxygen atoms in total. The Morgan fingerprint density at radius 1 is 0.958 bits per heavy atom. The number of carbonyl (C=O) groups is 2. The van der Waals surface area contributed by atoms with Crippen LogP contribution in [0.5, 0.6) is 0 Å². The van der Waals surface area contributed by atoms with E-state index in [1.54, 1.807) is 13.8 Å². The Morgan fingerprint density at radius 2 is 1.33 bits per heavy atom. The second-order valence-corrected chi connectivity index (χ2v) is 7.53. The largest absolute Gasteiger partial charge is 0.456 e. The number of aliphatic hydroxyl groups excluding tert-OH is 2. The van der Waals surface area contributed by atoms with E-state index >= 15 is 0 Å². The zero-order valence-electron chi connectivity index (χ0n) is 13.9. The van der Waals surface area contributed by atoms with Gasteiger partial charge in [-0.3, -0.25) is 0 Å². The summed E-state index contributed by atoms with van der Waals surface area (Å²) in [6, 6.07) is 0. The fraction of sp³-hybridized carbons (Fsp3) is 0.714. The van der Waals surface area contributed by atoms with E-state index in [0.717, 1.165) is 23.5 Å². The molecule has 1 fully saturated rings. The van der Waals surface area contributed by atoms with Crippen LogP contribution in [-0.2, 0) is 28.5 Å². The van der Waals surface area contributed by atoms with Gasteiger partial charge in [0.2, 0.25) is 0 Å². The van der Waals surface area contributed by atoms with E-state index < -0.39 is 35.0 Å². The van der Waals surface area contributed by atoms with Gasteiger partial charge >= 0.3 is 11.9 Å². The molecule has 0 saturated carbocycles. The predicted octanol–water partition coefficient (Wildman–Crippen LogP) is 0.471. The summed E-state index contributed by atoms with van der Waals surface area (Å²) < 4.78 is 20.2. The number of carbonyl (C=O) groups excluding carboxylic acids is 2. The molecule has 0 amide bonds. The number of ether oxygens (including phenoxy) is 4. The van der Waals surface area contributed by atoms with Crippen molar-refractivity contribution in [2.75, 3.05) is 27.4 Å². The van der Waals surface area contributed by atoms with Crippen LogP contribution in [0.25, 0.3) is 0 Å². The average Bonchev–Trinajstić information content (AvgIpc) is 2.78. The normalized spacial score (nSPS) is 22.8. The molecule has 138 valence electrons. The Morgan fingerprint density at radius 3 is 1.67 bits per heavy atom. The van der Waals surface area contributed by atoms with Crippen LogP contribution in [0.15, 0.2) is 9.81 Å². The summed E-state index contributed by atoms with van der Waals surface area (Å²) in [7, 11) is 2.92. The van der Waals surface area contributed by atoms with E-state index in [2.05, 4.69) is 0 Å². The Balaban J connectivity index is 2.98. The van der Waals surface area contributed by atoms with E-state index in [9.17, 15) is 19.8 Å². The van der Waals surface area contributed by atoms with Gasteiger partial charge in [0.1, 0.15) is 23.1 Å². The van der Waals surface area contributed by atoms with Crippen LogP contribution in [0, 0.1) is 0 Å². The number of rotatable bonds is 8. The minimum absolute atomic E-state index is 0.152. The maximum atomic E-state index is 12.4. The van der Waals surface area contributed by atoms with Crippen molar-refractivity contribution in [3.8, 4) is 0 Å². The Kier molecular flexibility index (Phi) is 9.09. The molecule has 1 rings (SSSR count). The maximum absolute atomic E-state index is 12.4. The Labute approximate surface area is 148 Å². The van der Waals surface area contributed by atoms with Gasteiger partial charge in [-0.2, -0.15) is 0 Å². The highest BCUT2D eigenvalue weighted by Crippen LogP contribution is 2.46. The lowest BCUT2D eigenvalue weighted by atomic mass is 10.3. The highest BCUT2D eigenvalue weighted by molar-refractivity contribution is 8.25. The van der Waals surface area contributed by atoms with Gasteiger partial charge in [-0.05, 0) is 13.8 Å². The van der Waals surface area contributed by atoms with E-state index in [1.807, 2.05) is 0 Å². The van der Waals surface area contributed by atoms with Gasteiger partial charge in [0.05, 0.1) is 17.5 Å². The van der Waals surface area contributed by atoms with Crippen molar-refractivity contribution in [3.63, 3.8) is 0 Å². The van der Waals surface area contributed by atoms with Gasteiger partial charge < -0.3 is 29.2 Å². The van der Waals surface area contributed by atoms with Gasteiger partial charge in [0.25, 0.3) is 0 Å². The molecular weight excluding hydrogens is 360 g/mol. The van der Waals surface area contributed by atoms with Crippen LogP contribution in [0.2, 0.25) is 0 Å². The number of hydrogen-bond acceptors (Lipinski definition) is 10. The van der Waals surface area contributed by atoms with Crippen molar-refractivity contribution >= 4 is 35.5 Å². The molecular formula is C14H22O8S2. The number of thioether (sulfide) groups is 2. The number of aliphatic hydroxyl groups is 2. The van der Waals surface area contributed by atoms with Crippen LogP contribution < -0.4 is 0 Å². The maximum Gasteiger partial charge on any atom is 0.347 e. The molecule has 1 heterocycles. The molecule has 4 atom stereocenters. The summed E-state index contributed by atoms with van der Waals surface area (Å²) in [6.45, 7) is 3.55. The standard InChI is InChI=1S/C14H22O8S2/c1-7(5-19-3)21-10(15)9(11(16)22-8(2)6-20-4)14-23-12(17)13(18)24-14/h7-8,12-13,17-18H,5-6H2,1-4H3. The van der Waals surface area contributed by atoms with Crippen molar-refractivity contribution < 1.29 is 38.7 Å². The van der Waals surface area contributed by atoms with Gasteiger partial charge in [-0.25, -0.2) is 9.59 Å². The molecule has 0 aromatic rings. The second kappa shape index (κ2) is 10.3. The lowest BCUT2D eigenvalue weighted by molar-refractivity contribution is -0.154. The van der Waals surface area contributed by atoms with Crippen LogP contribution in [0.4, 0.5) is 0 Å². The highest BCUT2D eigenvalue weighted by Gasteiger charge is 2.37. The topological polar surface area (TPSA) is 112 Å². The molecule has 0 aromatic heterocycles. The van der Waals surface area contributed by atoms with Crippen molar-refractivity contribution in [1.82, 2.24) is 0 Å². The van der Waals surface area contributed by atoms with Gasteiger partial charge in [-0.15, -0.1) is 0 Å². The Bertz CT molecular complexity index is 441. The average molecular weight is 382 g/mol. The molecule has 0 aromatic carbocycles. The summed E-state index contributed by atoms with van der Waals surface area (Å²) in [4.78, 5) is 24.7. The van der Waals surface area contributed by atoms with Gasteiger partial charge in [-0.1, -0.05) is 23.5 Å². The third kappa shape index (κ3) is 6.26. The Hall–Kier alpha value is -0.780. The molecule has 0 radical (unpaired) electrons. The lowest BCUT2D eigenvalue weighted by Crippen LogP contribution is -2.28. The third-order valence-corrected chi connectivity index (χ3v) is 5.32. The van der Waals surface area contributed by atoms with Crippen LogP contribution in [-0.4, -0.2) is 72.7 Å². The van der Waals surface area contributed by atoms with Crippen LogP contribution in [0.3, 0.4) is 0 Å². The summed E-state index contributed by atoms with van der Waals surface area (Å²) in [5, 5.41) is 19.3. The molecule has 1 aliphatic heterocycles. The van der Waals surface area contributed by atoms with Crippen LogP contribution in [0.1, 0.15) is 13.8 Å². The zero-order valence-corrected chi connectivity index (χ0v) is 15.5. The molecule has 24 heavy (non-hydrogen) atoms. The first-order chi connectivity index (χ1) is 11.3. The van der Waals surface area contributed by atoms with E-state index in [1.165, 1.54) is 14.2 Å². The van der Waals surface area contributed by atoms with E-state index in [-0.39, 0.29) is 23.0 Å². The minimum atomic E-state index is -1.15. The monoisotopic (exact) mass is 382 g/mol. The second-order valence-electron chi connectivity index (χ2n) is 5.02. The summed E-state index contributed by atoms with van der Waals surface area (Å²) in [5.74, 6) is -1.80. The number of esters is 2. The van der Waals surface area contributed by atoms with Crippen molar-refractivity contribution in [3.05, 3.63) is 9.81 Å². The first-order valence-corrected chi connectivity index (χ1v) is 8.89. The van der Waals surface area contributed by atoms with Gasteiger partial charge in [0.15, 0.2) is 5.57 Å². The number of hydrogen-bond donors (Lipinski definition) is 2. The smallest absolute Gasteiger partial charge is 0.347 e. The molecule has 2 N–H and O–H groups in total. The summed E-state index contributed by atoms with van der Waals surface area (Å²) in [6.07, 6.45) is -1.15. The first-order valence-electron chi connectivity index (χ1n) is 7.13. The van der Waals surface area contributed by atoms with Gasteiger partial charge in [0, 0.05) is 14.2 Å². The molecule has 10 heteroatoms. The van der Waals surface area contributed by atoms with Crippen molar-refractivity contribution in [1.29, 1.82) is 0 Å². The molecule has 1 saturated heterocycles. The predicted molar refractivity (Wildman–Crippen MR) is 89.1 cm³/mol. The van der Waals surface area contributed by atoms with Crippen molar-refractivity contribution in [2.45, 2.75) is 36.9 Å². The molecule has 0 spiro atoms. The fourth-order valence-corrected chi connectivity index (χ4v) is 4.14. The minimum Gasteiger partial charge on any atom is -0.456 e. The molecule has 0 aliphatic carbocycles.